The molecule has 0 spiro atoms. The molecule has 2 heterocycles. The Morgan fingerprint density at radius 1 is 1.59 bits per heavy atom. The van der Waals surface area contributed by atoms with Crippen LogP contribution in [0.3, 0.4) is 0 Å². The molecular formula is C9H12N6O2. The SMILES string of the molecule is Cc1nc(O)c(/C=N/NC2=NCCN2)c(=O)[nH]1. The molecule has 1 aliphatic heterocycles. The van der Waals surface area contributed by atoms with Crippen molar-refractivity contribution in [2.45, 2.75) is 6.92 Å². The summed E-state index contributed by atoms with van der Waals surface area (Å²) in [5.74, 6) is 0.537. The third kappa shape index (κ3) is 2.60. The second kappa shape index (κ2) is 4.64. The Kier molecular flexibility index (Phi) is 3.03. The van der Waals surface area contributed by atoms with Crippen molar-refractivity contribution in [2.24, 2.45) is 10.1 Å². The van der Waals surface area contributed by atoms with E-state index in [0.29, 0.717) is 18.3 Å². The average molecular weight is 236 g/mol. The van der Waals surface area contributed by atoms with Gasteiger partial charge in [-0.25, -0.2) is 15.4 Å². The number of aliphatic imine (C=N–C) groups is 1. The Morgan fingerprint density at radius 3 is 3.06 bits per heavy atom. The van der Waals surface area contributed by atoms with Gasteiger partial charge in [0, 0.05) is 6.54 Å². The molecule has 1 aromatic rings. The number of rotatable bonds is 2. The number of aromatic nitrogens is 2. The third-order valence-corrected chi connectivity index (χ3v) is 2.09. The number of aromatic amines is 1. The van der Waals surface area contributed by atoms with Gasteiger partial charge in [0.25, 0.3) is 5.56 Å². The van der Waals surface area contributed by atoms with E-state index in [-0.39, 0.29) is 11.4 Å². The van der Waals surface area contributed by atoms with E-state index in [0.717, 1.165) is 6.54 Å². The van der Waals surface area contributed by atoms with Gasteiger partial charge in [-0.15, -0.1) is 0 Å². The number of nitrogens with zero attached hydrogens (tertiary/aromatic N) is 3. The summed E-state index contributed by atoms with van der Waals surface area (Å²) >= 11 is 0. The smallest absolute Gasteiger partial charge is 0.263 e. The summed E-state index contributed by atoms with van der Waals surface area (Å²) < 4.78 is 0. The van der Waals surface area contributed by atoms with Crippen LogP contribution in [0.4, 0.5) is 0 Å². The summed E-state index contributed by atoms with van der Waals surface area (Å²) in [6, 6.07) is 0. The molecule has 0 saturated heterocycles. The van der Waals surface area contributed by atoms with Crippen LogP contribution in [0.15, 0.2) is 14.9 Å². The second-order valence-electron chi connectivity index (χ2n) is 3.42. The van der Waals surface area contributed by atoms with Crippen LogP contribution in [-0.2, 0) is 0 Å². The number of nitrogens with one attached hydrogen (secondary N) is 3. The molecule has 4 N–H and O–H groups in total. The van der Waals surface area contributed by atoms with Gasteiger partial charge >= 0.3 is 0 Å². The average Bonchev–Trinajstić information content (AvgIpc) is 2.74. The Labute approximate surface area is 96.5 Å². The highest BCUT2D eigenvalue weighted by molar-refractivity contribution is 5.85. The molecule has 1 aromatic heterocycles. The summed E-state index contributed by atoms with van der Waals surface area (Å²) in [4.78, 5) is 21.7. The molecule has 1 aliphatic rings. The lowest BCUT2D eigenvalue weighted by Gasteiger charge is -2.00. The van der Waals surface area contributed by atoms with Crippen LogP contribution in [0.2, 0.25) is 0 Å². The van der Waals surface area contributed by atoms with Crippen LogP contribution < -0.4 is 16.3 Å². The summed E-state index contributed by atoms with van der Waals surface area (Å²) in [5.41, 5.74) is 2.17. The number of hydrazone groups is 1. The van der Waals surface area contributed by atoms with Gasteiger partial charge in [-0.2, -0.15) is 5.10 Å². The van der Waals surface area contributed by atoms with Crippen molar-refractivity contribution >= 4 is 12.2 Å². The van der Waals surface area contributed by atoms with Crippen molar-refractivity contribution in [3.63, 3.8) is 0 Å². The zero-order valence-electron chi connectivity index (χ0n) is 9.19. The van der Waals surface area contributed by atoms with Crippen molar-refractivity contribution in [1.29, 1.82) is 0 Å². The fraction of sp³-hybridized carbons (Fsp3) is 0.333. The molecule has 0 radical (unpaired) electrons. The molecule has 2 rings (SSSR count). The van der Waals surface area contributed by atoms with Crippen molar-refractivity contribution in [3.05, 3.63) is 21.7 Å². The van der Waals surface area contributed by atoms with Gasteiger partial charge in [-0.05, 0) is 6.92 Å². The van der Waals surface area contributed by atoms with E-state index in [1.807, 2.05) is 0 Å². The number of hydrogen-bond donors (Lipinski definition) is 4. The van der Waals surface area contributed by atoms with E-state index in [2.05, 4.69) is 30.8 Å². The zero-order valence-corrected chi connectivity index (χ0v) is 9.19. The summed E-state index contributed by atoms with van der Waals surface area (Å²) in [7, 11) is 0. The first-order valence-corrected chi connectivity index (χ1v) is 5.04. The molecule has 0 aliphatic carbocycles. The van der Waals surface area contributed by atoms with Crippen LogP contribution in [0.5, 0.6) is 5.88 Å². The molecule has 8 nitrogen and oxygen atoms in total. The molecule has 0 fully saturated rings. The highest BCUT2D eigenvalue weighted by atomic mass is 16.3. The van der Waals surface area contributed by atoms with Crippen molar-refractivity contribution in [3.8, 4) is 5.88 Å². The van der Waals surface area contributed by atoms with E-state index >= 15 is 0 Å². The molecule has 0 amide bonds. The second-order valence-corrected chi connectivity index (χ2v) is 3.42. The summed E-state index contributed by atoms with van der Waals surface area (Å²) in [5, 5.41) is 16.2. The summed E-state index contributed by atoms with van der Waals surface area (Å²) in [6.07, 6.45) is 1.20. The van der Waals surface area contributed by atoms with Crippen molar-refractivity contribution < 1.29 is 5.11 Å². The standard InChI is InChI=1S/C9H12N6O2/c1-5-13-7(16)6(8(17)14-5)4-12-15-9-10-2-3-11-9/h4H,2-3H2,1H3,(H2,10,11,15)(H2,13,14,16,17)/b12-4+. The zero-order chi connectivity index (χ0) is 12.3. The van der Waals surface area contributed by atoms with Gasteiger partial charge in [0.15, 0.2) is 0 Å². The molecule has 0 aromatic carbocycles. The van der Waals surface area contributed by atoms with Crippen LogP contribution in [0, 0.1) is 6.92 Å². The number of hydrogen-bond acceptors (Lipinski definition) is 7. The molecule has 0 bridgehead atoms. The molecule has 0 unspecified atom stereocenters. The van der Waals surface area contributed by atoms with Crippen LogP contribution in [0.1, 0.15) is 11.4 Å². The number of aromatic hydroxyl groups is 1. The lowest BCUT2D eigenvalue weighted by atomic mass is 10.3. The summed E-state index contributed by atoms with van der Waals surface area (Å²) in [6.45, 7) is 3.03. The quantitative estimate of drug-likeness (QED) is 0.375. The Bertz CT molecular complexity index is 533. The van der Waals surface area contributed by atoms with Crippen molar-refractivity contribution in [2.75, 3.05) is 13.1 Å². The lowest BCUT2D eigenvalue weighted by molar-refractivity contribution is 0.448. The molecule has 17 heavy (non-hydrogen) atoms. The number of H-pyrrole nitrogens is 1. The minimum atomic E-state index is -0.443. The van der Waals surface area contributed by atoms with Gasteiger partial charge in [-0.3, -0.25) is 4.79 Å². The first kappa shape index (κ1) is 11.1. The highest BCUT2D eigenvalue weighted by Crippen LogP contribution is 2.04. The lowest BCUT2D eigenvalue weighted by Crippen LogP contribution is -2.30. The topological polar surface area (TPSA) is 115 Å². The van der Waals surface area contributed by atoms with Gasteiger partial charge in [0.05, 0.1) is 12.8 Å². The monoisotopic (exact) mass is 236 g/mol. The Morgan fingerprint density at radius 2 is 2.41 bits per heavy atom. The minimum Gasteiger partial charge on any atom is -0.493 e. The Hall–Kier alpha value is -2.38. The van der Waals surface area contributed by atoms with Gasteiger partial charge in [-0.1, -0.05) is 0 Å². The van der Waals surface area contributed by atoms with E-state index in [4.69, 9.17) is 0 Å². The maximum atomic E-state index is 11.5. The van der Waals surface area contributed by atoms with E-state index in [9.17, 15) is 9.90 Å². The fourth-order valence-corrected chi connectivity index (χ4v) is 1.33. The molecule has 8 heteroatoms. The van der Waals surface area contributed by atoms with Crippen molar-refractivity contribution in [1.82, 2.24) is 20.7 Å². The van der Waals surface area contributed by atoms with Gasteiger partial charge in [0.1, 0.15) is 11.4 Å². The maximum Gasteiger partial charge on any atom is 0.263 e. The fourth-order valence-electron chi connectivity index (χ4n) is 1.33. The van der Waals surface area contributed by atoms with E-state index in [1.54, 1.807) is 6.92 Å². The molecular weight excluding hydrogens is 224 g/mol. The predicted octanol–water partition coefficient (Wildman–Crippen LogP) is -1.33. The minimum absolute atomic E-state index is 0.00157. The maximum absolute atomic E-state index is 11.5. The molecule has 90 valence electrons. The first-order valence-electron chi connectivity index (χ1n) is 5.04. The van der Waals surface area contributed by atoms with Crippen LogP contribution in [-0.4, -0.2) is 40.3 Å². The Balaban J connectivity index is 2.13. The largest absolute Gasteiger partial charge is 0.493 e. The first-order chi connectivity index (χ1) is 8.16. The normalized spacial score (nSPS) is 14.8. The van der Waals surface area contributed by atoms with Crippen LogP contribution in [0.25, 0.3) is 0 Å². The third-order valence-electron chi connectivity index (χ3n) is 2.09. The van der Waals surface area contributed by atoms with E-state index < -0.39 is 5.56 Å². The molecule has 0 atom stereocenters. The number of guanidine groups is 1. The van der Waals surface area contributed by atoms with Gasteiger partial charge in [0.2, 0.25) is 11.8 Å². The predicted molar refractivity (Wildman–Crippen MR) is 62.3 cm³/mol. The number of aryl methyl sites for hydroxylation is 1. The van der Waals surface area contributed by atoms with Crippen LogP contribution >= 0.6 is 0 Å². The highest BCUT2D eigenvalue weighted by Gasteiger charge is 2.07. The van der Waals surface area contributed by atoms with E-state index in [1.165, 1.54) is 6.21 Å². The van der Waals surface area contributed by atoms with Gasteiger partial charge < -0.3 is 15.4 Å². The molecule has 0 saturated carbocycles.